The SMILES string of the molecule is CCCCCCCCCCCCCCCCNC(=O)OCC. The maximum Gasteiger partial charge on any atom is 0.407 e. The van der Waals surface area contributed by atoms with Crippen molar-refractivity contribution >= 4 is 6.09 Å². The molecule has 0 fully saturated rings. The van der Waals surface area contributed by atoms with E-state index in [1.807, 2.05) is 6.92 Å². The fourth-order valence-electron chi connectivity index (χ4n) is 2.69. The molecule has 22 heavy (non-hydrogen) atoms. The molecule has 0 aliphatic rings. The Morgan fingerprint density at radius 2 is 1.09 bits per heavy atom. The first-order chi connectivity index (χ1) is 10.8. The van der Waals surface area contributed by atoms with Crippen molar-refractivity contribution in [3.8, 4) is 0 Å². The van der Waals surface area contributed by atoms with Crippen molar-refractivity contribution in [2.45, 2.75) is 104 Å². The summed E-state index contributed by atoms with van der Waals surface area (Å²) in [7, 11) is 0. The van der Waals surface area contributed by atoms with E-state index < -0.39 is 0 Å². The van der Waals surface area contributed by atoms with Crippen molar-refractivity contribution in [2.24, 2.45) is 0 Å². The van der Waals surface area contributed by atoms with Crippen molar-refractivity contribution < 1.29 is 9.53 Å². The third-order valence-corrected chi connectivity index (χ3v) is 4.08. The summed E-state index contributed by atoms with van der Waals surface area (Å²) in [5.41, 5.74) is 0. The van der Waals surface area contributed by atoms with Crippen LogP contribution in [0.1, 0.15) is 104 Å². The van der Waals surface area contributed by atoms with Crippen LogP contribution in [0.5, 0.6) is 0 Å². The average Bonchev–Trinajstić information content (AvgIpc) is 2.51. The normalized spacial score (nSPS) is 10.6. The zero-order valence-corrected chi connectivity index (χ0v) is 15.1. The number of amides is 1. The second-order valence-electron chi connectivity index (χ2n) is 6.24. The third kappa shape index (κ3) is 17.3. The first-order valence-corrected chi connectivity index (χ1v) is 9.71. The van der Waals surface area contributed by atoms with Crippen LogP contribution < -0.4 is 5.32 Å². The third-order valence-electron chi connectivity index (χ3n) is 4.08. The van der Waals surface area contributed by atoms with Gasteiger partial charge in [0, 0.05) is 6.54 Å². The van der Waals surface area contributed by atoms with Crippen LogP contribution >= 0.6 is 0 Å². The van der Waals surface area contributed by atoms with E-state index in [-0.39, 0.29) is 6.09 Å². The van der Waals surface area contributed by atoms with Crippen LogP contribution in [0.4, 0.5) is 4.79 Å². The highest BCUT2D eigenvalue weighted by molar-refractivity contribution is 5.66. The number of carbonyl (C=O) groups excluding carboxylic acids is 1. The minimum atomic E-state index is -0.280. The van der Waals surface area contributed by atoms with Crippen LogP contribution in [0.15, 0.2) is 0 Å². The largest absolute Gasteiger partial charge is 0.450 e. The molecule has 0 heterocycles. The predicted octanol–water partition coefficient (Wildman–Crippen LogP) is 6.21. The molecule has 3 heteroatoms. The lowest BCUT2D eigenvalue weighted by molar-refractivity contribution is 0.152. The molecule has 0 aliphatic heterocycles. The van der Waals surface area contributed by atoms with Crippen molar-refractivity contribution in [2.75, 3.05) is 13.2 Å². The first kappa shape index (κ1) is 21.3. The summed E-state index contributed by atoms with van der Waals surface area (Å²) in [6.45, 7) is 5.30. The van der Waals surface area contributed by atoms with E-state index in [2.05, 4.69) is 12.2 Å². The smallest absolute Gasteiger partial charge is 0.407 e. The molecule has 0 aromatic heterocycles. The Balaban J connectivity index is 3.01. The summed E-state index contributed by atoms with van der Waals surface area (Å²) >= 11 is 0. The van der Waals surface area contributed by atoms with Gasteiger partial charge in [0.25, 0.3) is 0 Å². The second kappa shape index (κ2) is 18.3. The van der Waals surface area contributed by atoms with E-state index in [1.165, 1.54) is 83.5 Å². The Bertz CT molecular complexity index is 231. The number of hydrogen-bond donors (Lipinski definition) is 1. The Kier molecular flexibility index (Phi) is 17.7. The van der Waals surface area contributed by atoms with Crippen molar-refractivity contribution in [3.05, 3.63) is 0 Å². The lowest BCUT2D eigenvalue weighted by Crippen LogP contribution is -2.25. The number of alkyl carbamates (subject to hydrolysis) is 1. The van der Waals surface area contributed by atoms with Crippen LogP contribution in [0.2, 0.25) is 0 Å². The van der Waals surface area contributed by atoms with Crippen LogP contribution in [-0.2, 0) is 4.74 Å². The number of unbranched alkanes of at least 4 members (excludes halogenated alkanes) is 13. The van der Waals surface area contributed by atoms with Crippen LogP contribution in [0.3, 0.4) is 0 Å². The molecule has 1 amide bonds. The molecule has 0 spiro atoms. The van der Waals surface area contributed by atoms with Gasteiger partial charge in [0.05, 0.1) is 6.61 Å². The molecular formula is C19H39NO2. The Morgan fingerprint density at radius 1 is 0.682 bits per heavy atom. The molecule has 0 aliphatic carbocycles. The molecule has 0 rings (SSSR count). The second-order valence-corrected chi connectivity index (χ2v) is 6.24. The molecule has 0 aromatic rings. The van der Waals surface area contributed by atoms with Gasteiger partial charge in [-0.1, -0.05) is 90.4 Å². The Morgan fingerprint density at radius 3 is 1.50 bits per heavy atom. The van der Waals surface area contributed by atoms with Crippen LogP contribution in [-0.4, -0.2) is 19.2 Å². The first-order valence-electron chi connectivity index (χ1n) is 9.71. The van der Waals surface area contributed by atoms with Crippen LogP contribution in [0.25, 0.3) is 0 Å². The van der Waals surface area contributed by atoms with E-state index in [0.717, 1.165) is 13.0 Å². The lowest BCUT2D eigenvalue weighted by Gasteiger charge is -2.05. The Hall–Kier alpha value is -0.730. The monoisotopic (exact) mass is 313 g/mol. The highest BCUT2D eigenvalue weighted by Crippen LogP contribution is 2.12. The van der Waals surface area contributed by atoms with Gasteiger partial charge in [0.15, 0.2) is 0 Å². The summed E-state index contributed by atoms with van der Waals surface area (Å²) in [5.74, 6) is 0. The van der Waals surface area contributed by atoms with Gasteiger partial charge >= 0.3 is 6.09 Å². The summed E-state index contributed by atoms with van der Waals surface area (Å²) in [4.78, 5) is 11.0. The highest BCUT2D eigenvalue weighted by atomic mass is 16.5. The number of carbonyl (C=O) groups is 1. The average molecular weight is 314 g/mol. The minimum Gasteiger partial charge on any atom is -0.450 e. The number of hydrogen-bond acceptors (Lipinski definition) is 2. The minimum absolute atomic E-state index is 0.280. The molecule has 1 N–H and O–H groups in total. The van der Waals surface area contributed by atoms with Crippen molar-refractivity contribution in [3.63, 3.8) is 0 Å². The van der Waals surface area contributed by atoms with Gasteiger partial charge in [-0.15, -0.1) is 0 Å². The van der Waals surface area contributed by atoms with Gasteiger partial charge in [-0.3, -0.25) is 0 Å². The summed E-state index contributed by atoms with van der Waals surface area (Å²) in [6, 6.07) is 0. The molecule has 132 valence electrons. The molecule has 3 nitrogen and oxygen atoms in total. The Labute approximate surface area is 138 Å². The van der Waals surface area contributed by atoms with E-state index in [4.69, 9.17) is 4.74 Å². The van der Waals surface area contributed by atoms with Crippen molar-refractivity contribution in [1.29, 1.82) is 0 Å². The lowest BCUT2D eigenvalue weighted by atomic mass is 10.0. The molecule has 0 bridgehead atoms. The molecule has 0 radical (unpaired) electrons. The number of nitrogens with one attached hydrogen (secondary N) is 1. The fourth-order valence-corrected chi connectivity index (χ4v) is 2.69. The van der Waals surface area contributed by atoms with E-state index in [0.29, 0.717) is 6.61 Å². The molecule has 0 atom stereocenters. The zero-order valence-electron chi connectivity index (χ0n) is 15.1. The summed E-state index contributed by atoms with van der Waals surface area (Å²) < 4.78 is 4.81. The van der Waals surface area contributed by atoms with Gasteiger partial charge in [-0.25, -0.2) is 4.79 Å². The van der Waals surface area contributed by atoms with Gasteiger partial charge in [0.2, 0.25) is 0 Å². The van der Waals surface area contributed by atoms with Crippen LogP contribution in [0, 0.1) is 0 Å². The van der Waals surface area contributed by atoms with E-state index in [1.54, 1.807) is 0 Å². The van der Waals surface area contributed by atoms with Gasteiger partial charge < -0.3 is 10.1 Å². The highest BCUT2D eigenvalue weighted by Gasteiger charge is 1.98. The molecular weight excluding hydrogens is 274 g/mol. The quantitative estimate of drug-likeness (QED) is 0.344. The number of ether oxygens (including phenoxy) is 1. The molecule has 0 saturated carbocycles. The zero-order chi connectivity index (χ0) is 16.3. The van der Waals surface area contributed by atoms with Gasteiger partial charge in [0.1, 0.15) is 0 Å². The standard InChI is InChI=1S/C19H39NO2/c1-3-5-6-7-8-9-10-11-12-13-14-15-16-17-18-20-19(21)22-4-2/h3-18H2,1-2H3,(H,20,21). The van der Waals surface area contributed by atoms with Crippen molar-refractivity contribution in [1.82, 2.24) is 5.32 Å². The number of rotatable bonds is 16. The summed E-state index contributed by atoms with van der Waals surface area (Å²) in [6.07, 6.45) is 18.8. The van der Waals surface area contributed by atoms with Gasteiger partial charge in [-0.05, 0) is 13.3 Å². The van der Waals surface area contributed by atoms with Gasteiger partial charge in [-0.2, -0.15) is 0 Å². The van der Waals surface area contributed by atoms with E-state index >= 15 is 0 Å². The summed E-state index contributed by atoms with van der Waals surface area (Å²) in [5, 5.41) is 2.77. The maximum absolute atomic E-state index is 11.0. The van der Waals surface area contributed by atoms with E-state index in [9.17, 15) is 4.79 Å². The predicted molar refractivity (Wildman–Crippen MR) is 95.3 cm³/mol. The molecule has 0 aromatic carbocycles. The molecule has 0 saturated heterocycles. The topological polar surface area (TPSA) is 38.3 Å². The fraction of sp³-hybridized carbons (Fsp3) is 0.947. The maximum atomic E-state index is 11.0. The molecule has 0 unspecified atom stereocenters.